The van der Waals surface area contributed by atoms with Crippen molar-refractivity contribution in [3.8, 4) is 0 Å². The third kappa shape index (κ3) is 3.16. The molecule has 0 aliphatic heterocycles. The Kier molecular flexibility index (Phi) is 4.61. The molecule has 2 N–H and O–H groups in total. The van der Waals surface area contributed by atoms with Crippen LogP contribution in [0.3, 0.4) is 0 Å². The Morgan fingerprint density at radius 3 is 3.04 bits per heavy atom. The zero-order chi connectivity index (χ0) is 17.1. The van der Waals surface area contributed by atoms with E-state index >= 15 is 0 Å². The minimum absolute atomic E-state index is 0.119. The van der Waals surface area contributed by atoms with Gasteiger partial charge in [0.2, 0.25) is 5.91 Å². The fraction of sp³-hybridized carbons (Fsp3) is 0.353. The van der Waals surface area contributed by atoms with E-state index in [2.05, 4.69) is 15.3 Å². The largest absolute Gasteiger partial charge is 0.383 e. The zero-order valence-electron chi connectivity index (χ0n) is 13.8. The molecule has 0 bridgehead atoms. The third-order valence-corrected chi connectivity index (χ3v) is 3.94. The maximum Gasteiger partial charge on any atom is 0.277 e. The molecule has 126 valence electrons. The van der Waals surface area contributed by atoms with Crippen molar-refractivity contribution < 1.29 is 9.53 Å². The van der Waals surface area contributed by atoms with Crippen LogP contribution >= 0.6 is 0 Å². The highest BCUT2D eigenvalue weighted by Gasteiger charge is 2.11. The van der Waals surface area contributed by atoms with Gasteiger partial charge in [-0.3, -0.25) is 14.2 Å². The van der Waals surface area contributed by atoms with Gasteiger partial charge in [-0.05, 0) is 19.1 Å². The molecule has 2 heterocycles. The highest BCUT2D eigenvalue weighted by atomic mass is 16.5. The molecule has 0 aliphatic carbocycles. The number of aromatic nitrogens is 3. The first kappa shape index (κ1) is 16.2. The van der Waals surface area contributed by atoms with Gasteiger partial charge in [-0.15, -0.1) is 0 Å². The minimum Gasteiger partial charge on any atom is -0.383 e. The summed E-state index contributed by atoms with van der Waals surface area (Å²) in [5.74, 6) is -0.119. The van der Waals surface area contributed by atoms with E-state index in [1.807, 2.05) is 25.1 Å². The van der Waals surface area contributed by atoms with E-state index in [4.69, 9.17) is 4.74 Å². The Morgan fingerprint density at radius 1 is 1.42 bits per heavy atom. The summed E-state index contributed by atoms with van der Waals surface area (Å²) in [6.07, 6.45) is 1.72. The maximum atomic E-state index is 12.6. The van der Waals surface area contributed by atoms with Crippen LogP contribution in [0.5, 0.6) is 0 Å². The van der Waals surface area contributed by atoms with Crippen molar-refractivity contribution in [1.29, 1.82) is 0 Å². The summed E-state index contributed by atoms with van der Waals surface area (Å²) in [6, 6.07) is 5.94. The van der Waals surface area contributed by atoms with E-state index in [-0.39, 0.29) is 24.4 Å². The number of nitrogens with zero attached hydrogens (tertiary/aromatic N) is 2. The molecule has 0 fully saturated rings. The number of benzene rings is 1. The molecule has 7 nitrogen and oxygen atoms in total. The summed E-state index contributed by atoms with van der Waals surface area (Å²) in [7, 11) is 1.58. The van der Waals surface area contributed by atoms with Crippen molar-refractivity contribution in [2.75, 3.05) is 20.3 Å². The van der Waals surface area contributed by atoms with Crippen molar-refractivity contribution >= 4 is 27.8 Å². The number of aromatic amines is 1. The predicted octanol–water partition coefficient (Wildman–Crippen LogP) is 1.34. The topological polar surface area (TPSA) is 89.0 Å². The van der Waals surface area contributed by atoms with Crippen LogP contribution in [0.4, 0.5) is 0 Å². The number of amides is 1. The molecule has 3 rings (SSSR count). The first-order chi connectivity index (χ1) is 11.6. The second-order valence-corrected chi connectivity index (χ2v) is 5.73. The summed E-state index contributed by atoms with van der Waals surface area (Å²) >= 11 is 0. The fourth-order valence-electron chi connectivity index (χ4n) is 2.67. The molecule has 0 saturated heterocycles. The number of methoxy groups -OCH3 is 1. The van der Waals surface area contributed by atoms with Gasteiger partial charge in [0, 0.05) is 37.5 Å². The fourth-order valence-corrected chi connectivity index (χ4v) is 2.67. The third-order valence-electron chi connectivity index (χ3n) is 3.94. The molecule has 3 aromatic rings. The molecule has 2 aromatic heterocycles. The van der Waals surface area contributed by atoms with E-state index in [1.54, 1.807) is 7.11 Å². The van der Waals surface area contributed by atoms with E-state index in [0.717, 1.165) is 16.5 Å². The van der Waals surface area contributed by atoms with Gasteiger partial charge in [-0.25, -0.2) is 4.98 Å². The van der Waals surface area contributed by atoms with E-state index in [9.17, 15) is 9.59 Å². The van der Waals surface area contributed by atoms with E-state index < -0.39 is 0 Å². The minimum atomic E-state index is -0.168. The summed E-state index contributed by atoms with van der Waals surface area (Å²) < 4.78 is 6.33. The van der Waals surface area contributed by atoms with Crippen LogP contribution in [0.15, 0.2) is 29.3 Å². The Hall–Kier alpha value is -2.67. The summed E-state index contributed by atoms with van der Waals surface area (Å²) in [6.45, 7) is 3.22. The average Bonchev–Trinajstić information content (AvgIpc) is 2.93. The lowest BCUT2D eigenvalue weighted by Crippen LogP contribution is -2.29. The van der Waals surface area contributed by atoms with Crippen LogP contribution in [-0.2, 0) is 16.1 Å². The predicted molar refractivity (Wildman–Crippen MR) is 92.1 cm³/mol. The van der Waals surface area contributed by atoms with Crippen LogP contribution in [0, 0.1) is 6.92 Å². The normalized spacial score (nSPS) is 11.2. The molecular formula is C17H20N4O3. The molecular weight excluding hydrogens is 308 g/mol. The van der Waals surface area contributed by atoms with Crippen LogP contribution in [0.25, 0.3) is 21.9 Å². The lowest BCUT2D eigenvalue weighted by atomic mass is 10.2. The molecule has 0 atom stereocenters. The molecule has 7 heteroatoms. The van der Waals surface area contributed by atoms with E-state index in [0.29, 0.717) is 24.2 Å². The molecule has 1 aromatic carbocycles. The van der Waals surface area contributed by atoms with Crippen molar-refractivity contribution in [3.63, 3.8) is 0 Å². The number of fused-ring (bicyclic) bond motifs is 3. The average molecular weight is 328 g/mol. The van der Waals surface area contributed by atoms with Crippen molar-refractivity contribution in [1.82, 2.24) is 19.9 Å². The van der Waals surface area contributed by atoms with Gasteiger partial charge in [0.25, 0.3) is 5.56 Å². The molecule has 0 saturated carbocycles. The summed E-state index contributed by atoms with van der Waals surface area (Å²) in [5.41, 5.74) is 2.97. The van der Waals surface area contributed by atoms with Crippen LogP contribution in [-0.4, -0.2) is 40.7 Å². The first-order valence-corrected chi connectivity index (χ1v) is 7.83. The highest BCUT2D eigenvalue weighted by Crippen LogP contribution is 2.22. The Bertz CT molecular complexity index is 942. The van der Waals surface area contributed by atoms with Crippen molar-refractivity contribution in [3.05, 3.63) is 40.4 Å². The quantitative estimate of drug-likeness (QED) is 0.668. The number of carbonyl (C=O) groups excluding carboxylic acids is 1. The van der Waals surface area contributed by atoms with Crippen LogP contribution < -0.4 is 10.9 Å². The zero-order valence-corrected chi connectivity index (χ0v) is 13.8. The van der Waals surface area contributed by atoms with Gasteiger partial charge in [-0.2, -0.15) is 0 Å². The number of H-pyrrole nitrogens is 1. The van der Waals surface area contributed by atoms with E-state index in [1.165, 1.54) is 10.9 Å². The number of aryl methyl sites for hydroxylation is 2. The standard InChI is InChI=1S/C17H20N4O3/c1-11-3-4-13-12(9-11)15-16(20-13)17(23)21(10-19-15)7-5-14(22)18-6-8-24-2/h3-4,9-10,20H,5-8H2,1-2H3,(H,18,22). The van der Waals surface area contributed by atoms with Gasteiger partial charge in [-0.1, -0.05) is 11.6 Å². The van der Waals surface area contributed by atoms with Crippen molar-refractivity contribution in [2.24, 2.45) is 0 Å². The van der Waals surface area contributed by atoms with Crippen LogP contribution in [0.1, 0.15) is 12.0 Å². The number of hydrogen-bond donors (Lipinski definition) is 2. The van der Waals surface area contributed by atoms with Gasteiger partial charge < -0.3 is 15.0 Å². The molecule has 0 aliphatic rings. The summed E-state index contributed by atoms with van der Waals surface area (Å²) in [5, 5.41) is 3.67. The smallest absolute Gasteiger partial charge is 0.277 e. The number of rotatable bonds is 6. The van der Waals surface area contributed by atoms with Crippen molar-refractivity contribution in [2.45, 2.75) is 19.9 Å². The monoisotopic (exact) mass is 328 g/mol. The molecule has 0 spiro atoms. The Labute approximate surface area is 138 Å². The first-order valence-electron chi connectivity index (χ1n) is 7.83. The number of hydrogen-bond acceptors (Lipinski definition) is 4. The molecule has 1 amide bonds. The van der Waals surface area contributed by atoms with Gasteiger partial charge >= 0.3 is 0 Å². The van der Waals surface area contributed by atoms with Gasteiger partial charge in [0.15, 0.2) is 0 Å². The number of carbonyl (C=O) groups is 1. The Balaban J connectivity index is 1.83. The highest BCUT2D eigenvalue weighted by molar-refractivity contribution is 6.04. The molecule has 0 radical (unpaired) electrons. The van der Waals surface area contributed by atoms with Crippen LogP contribution in [0.2, 0.25) is 0 Å². The SMILES string of the molecule is COCCNC(=O)CCn1cnc2c([nH]c3ccc(C)cc32)c1=O. The number of nitrogens with one attached hydrogen (secondary N) is 2. The second-order valence-electron chi connectivity index (χ2n) is 5.73. The number of ether oxygens (including phenoxy) is 1. The lowest BCUT2D eigenvalue weighted by Gasteiger charge is -2.06. The maximum absolute atomic E-state index is 12.6. The van der Waals surface area contributed by atoms with Gasteiger partial charge in [0.05, 0.1) is 12.9 Å². The second kappa shape index (κ2) is 6.84. The Morgan fingerprint density at radius 2 is 2.25 bits per heavy atom. The molecule has 0 unspecified atom stereocenters. The molecule has 24 heavy (non-hydrogen) atoms. The lowest BCUT2D eigenvalue weighted by molar-refractivity contribution is -0.121. The van der Waals surface area contributed by atoms with Gasteiger partial charge in [0.1, 0.15) is 11.0 Å². The summed E-state index contributed by atoms with van der Waals surface area (Å²) in [4.78, 5) is 31.9.